The molecule has 0 N–H and O–H groups in total. The zero-order chi connectivity index (χ0) is 24.0. The van der Waals surface area contributed by atoms with E-state index in [1.165, 1.54) is 18.2 Å². The van der Waals surface area contributed by atoms with E-state index >= 15 is 0 Å². The molecule has 4 aliphatic rings. The predicted molar refractivity (Wildman–Crippen MR) is 115 cm³/mol. The topological polar surface area (TPSA) is 105 Å². The summed E-state index contributed by atoms with van der Waals surface area (Å²) in [6, 6.07) is 0. The maximum atomic E-state index is 12.7. The summed E-state index contributed by atoms with van der Waals surface area (Å²) in [5.74, 6) is -7.06. The van der Waals surface area contributed by atoms with E-state index in [2.05, 4.69) is 0 Å². The first kappa shape index (κ1) is 23.5. The van der Waals surface area contributed by atoms with Gasteiger partial charge in [-0.05, 0) is 31.8 Å². The Kier molecular flexibility index (Phi) is 6.14. The fourth-order valence-corrected chi connectivity index (χ4v) is 5.66. The number of hydrogen-bond donors (Lipinski definition) is 0. The average Bonchev–Trinajstić information content (AvgIpc) is 2.74. The number of rotatable bonds is 2. The standard InChI is InChI=1S/C25H32O8/c1-14-8-5-9-15(2)24(14)30-20(26)18(21(27)31-24)12-7-13-19-22(28)32-25(33-23(19)29)16(3)10-6-11-17(25)4/h7,12-18H,5-6,8-11H2,1-4H3. The highest BCUT2D eigenvalue weighted by atomic mass is 16.8. The molecular formula is C25H32O8. The van der Waals surface area contributed by atoms with Crippen LogP contribution in [0.1, 0.15) is 66.2 Å². The zero-order valence-corrected chi connectivity index (χ0v) is 19.6. The molecule has 2 saturated heterocycles. The molecule has 2 heterocycles. The quantitative estimate of drug-likeness (QED) is 0.266. The normalized spacial score (nSPS) is 41.6. The summed E-state index contributed by atoms with van der Waals surface area (Å²) in [5.41, 5.74) is -0.287. The van der Waals surface area contributed by atoms with Crippen LogP contribution in [-0.2, 0) is 38.1 Å². The SMILES string of the molecule is CC1CCCC(C)C12OC(=O)C(=CC=CC1C(=O)OC3(OC1=O)C(C)CCCC3C)C(=O)O2. The highest BCUT2D eigenvalue weighted by Crippen LogP contribution is 2.46. The van der Waals surface area contributed by atoms with E-state index in [0.717, 1.165) is 38.5 Å². The third-order valence-corrected chi connectivity index (χ3v) is 7.83. The largest absolute Gasteiger partial charge is 0.421 e. The van der Waals surface area contributed by atoms with E-state index in [9.17, 15) is 19.2 Å². The molecule has 2 saturated carbocycles. The molecule has 0 bridgehead atoms. The third-order valence-electron chi connectivity index (χ3n) is 7.83. The molecule has 0 aromatic rings. The highest BCUT2D eigenvalue weighted by molar-refractivity contribution is 6.15. The molecule has 180 valence electrons. The summed E-state index contributed by atoms with van der Waals surface area (Å²) >= 11 is 0. The molecule has 8 heteroatoms. The lowest BCUT2D eigenvalue weighted by atomic mass is 9.76. The van der Waals surface area contributed by atoms with Crippen molar-refractivity contribution in [2.24, 2.45) is 29.6 Å². The lowest BCUT2D eigenvalue weighted by Gasteiger charge is -2.47. The van der Waals surface area contributed by atoms with Gasteiger partial charge in [0.25, 0.3) is 11.6 Å². The Bertz CT molecular complexity index is 853. The first-order valence-corrected chi connectivity index (χ1v) is 11.9. The van der Waals surface area contributed by atoms with Crippen LogP contribution in [0.2, 0.25) is 0 Å². The van der Waals surface area contributed by atoms with Gasteiger partial charge in [-0.15, -0.1) is 0 Å². The monoisotopic (exact) mass is 460 g/mol. The van der Waals surface area contributed by atoms with Gasteiger partial charge in [-0.3, -0.25) is 9.59 Å². The van der Waals surface area contributed by atoms with Gasteiger partial charge in [-0.2, -0.15) is 0 Å². The molecule has 33 heavy (non-hydrogen) atoms. The number of carbonyl (C=O) groups is 4. The van der Waals surface area contributed by atoms with E-state index in [0.29, 0.717) is 0 Å². The minimum Gasteiger partial charge on any atom is -0.421 e. The van der Waals surface area contributed by atoms with Crippen molar-refractivity contribution in [2.75, 3.05) is 0 Å². The van der Waals surface area contributed by atoms with Gasteiger partial charge in [0.15, 0.2) is 5.92 Å². The Morgan fingerprint density at radius 1 is 0.667 bits per heavy atom. The fourth-order valence-electron chi connectivity index (χ4n) is 5.66. The number of allylic oxidation sites excluding steroid dienone is 2. The zero-order valence-electron chi connectivity index (χ0n) is 19.6. The predicted octanol–water partition coefficient (Wildman–Crippen LogP) is 3.59. The van der Waals surface area contributed by atoms with Crippen LogP contribution in [0.15, 0.2) is 23.8 Å². The maximum Gasteiger partial charge on any atom is 0.348 e. The minimum absolute atomic E-state index is 0.0927. The first-order chi connectivity index (χ1) is 15.6. The van der Waals surface area contributed by atoms with Crippen molar-refractivity contribution in [3.63, 3.8) is 0 Å². The van der Waals surface area contributed by atoms with Crippen LogP contribution < -0.4 is 0 Å². The summed E-state index contributed by atoms with van der Waals surface area (Å²) in [5, 5.41) is 0. The molecule has 0 amide bonds. The summed E-state index contributed by atoms with van der Waals surface area (Å²) in [6.45, 7) is 7.65. The van der Waals surface area contributed by atoms with Gasteiger partial charge >= 0.3 is 23.9 Å². The van der Waals surface area contributed by atoms with Gasteiger partial charge in [0.1, 0.15) is 5.57 Å². The smallest absolute Gasteiger partial charge is 0.348 e. The molecular weight excluding hydrogens is 428 g/mol. The average molecular weight is 461 g/mol. The highest BCUT2D eigenvalue weighted by Gasteiger charge is 2.56. The van der Waals surface area contributed by atoms with E-state index in [-0.39, 0.29) is 29.2 Å². The van der Waals surface area contributed by atoms with Crippen LogP contribution in [0.5, 0.6) is 0 Å². The molecule has 2 aliphatic carbocycles. The number of ether oxygens (including phenoxy) is 4. The number of carbonyl (C=O) groups excluding carboxylic acids is 4. The van der Waals surface area contributed by atoms with Crippen molar-refractivity contribution in [2.45, 2.75) is 77.8 Å². The van der Waals surface area contributed by atoms with Crippen molar-refractivity contribution in [1.29, 1.82) is 0 Å². The van der Waals surface area contributed by atoms with E-state index in [1.54, 1.807) is 0 Å². The molecule has 4 fully saturated rings. The Morgan fingerprint density at radius 2 is 1.06 bits per heavy atom. The van der Waals surface area contributed by atoms with E-state index in [1.807, 2.05) is 27.7 Å². The maximum absolute atomic E-state index is 12.7. The van der Waals surface area contributed by atoms with Gasteiger partial charge in [0, 0.05) is 23.7 Å². The lowest BCUT2D eigenvalue weighted by molar-refractivity contribution is -0.291. The van der Waals surface area contributed by atoms with Crippen molar-refractivity contribution in [1.82, 2.24) is 0 Å². The van der Waals surface area contributed by atoms with Crippen LogP contribution in [0.4, 0.5) is 0 Å². The van der Waals surface area contributed by atoms with Crippen LogP contribution in [0.3, 0.4) is 0 Å². The Morgan fingerprint density at radius 3 is 1.48 bits per heavy atom. The van der Waals surface area contributed by atoms with Crippen molar-refractivity contribution >= 4 is 23.9 Å². The van der Waals surface area contributed by atoms with Gasteiger partial charge in [-0.1, -0.05) is 52.7 Å². The molecule has 2 aliphatic heterocycles. The Balaban J connectivity index is 1.47. The van der Waals surface area contributed by atoms with Crippen LogP contribution >= 0.6 is 0 Å². The van der Waals surface area contributed by atoms with Gasteiger partial charge in [0.05, 0.1) is 0 Å². The summed E-state index contributed by atoms with van der Waals surface area (Å²) in [4.78, 5) is 50.6. The van der Waals surface area contributed by atoms with Gasteiger partial charge in [0.2, 0.25) is 0 Å². The third kappa shape index (κ3) is 3.87. The molecule has 8 nitrogen and oxygen atoms in total. The van der Waals surface area contributed by atoms with Gasteiger partial charge < -0.3 is 18.9 Å². The van der Waals surface area contributed by atoms with Crippen molar-refractivity contribution < 1.29 is 38.1 Å². The number of hydrogen-bond acceptors (Lipinski definition) is 8. The summed E-state index contributed by atoms with van der Waals surface area (Å²) < 4.78 is 22.6. The van der Waals surface area contributed by atoms with Crippen LogP contribution in [-0.4, -0.2) is 35.5 Å². The van der Waals surface area contributed by atoms with Crippen LogP contribution in [0, 0.1) is 29.6 Å². The van der Waals surface area contributed by atoms with E-state index < -0.39 is 41.4 Å². The second-order valence-corrected chi connectivity index (χ2v) is 9.97. The summed E-state index contributed by atoms with van der Waals surface area (Å²) in [6.07, 6.45) is 8.94. The molecule has 4 unspecified atom stereocenters. The molecule has 4 rings (SSSR count). The van der Waals surface area contributed by atoms with Crippen molar-refractivity contribution in [3.8, 4) is 0 Å². The molecule has 4 atom stereocenters. The summed E-state index contributed by atoms with van der Waals surface area (Å²) in [7, 11) is 0. The van der Waals surface area contributed by atoms with E-state index in [4.69, 9.17) is 18.9 Å². The molecule has 2 spiro atoms. The van der Waals surface area contributed by atoms with Crippen molar-refractivity contribution in [3.05, 3.63) is 23.8 Å². The molecule has 0 aromatic carbocycles. The Labute approximate surface area is 193 Å². The second-order valence-electron chi connectivity index (χ2n) is 9.97. The minimum atomic E-state index is -1.27. The number of esters is 4. The van der Waals surface area contributed by atoms with Crippen LogP contribution in [0.25, 0.3) is 0 Å². The molecule has 0 aromatic heterocycles. The lowest BCUT2D eigenvalue weighted by Crippen LogP contribution is -2.58. The first-order valence-electron chi connectivity index (χ1n) is 11.9. The molecule has 0 radical (unpaired) electrons. The fraction of sp³-hybridized carbons (Fsp3) is 0.680. The Hall–Kier alpha value is -2.64. The van der Waals surface area contributed by atoms with Gasteiger partial charge in [-0.25, -0.2) is 9.59 Å². The second kappa shape index (κ2) is 8.61.